The highest BCUT2D eigenvalue weighted by Crippen LogP contribution is 2.30. The number of H-pyrrole nitrogens is 1. The van der Waals surface area contributed by atoms with Gasteiger partial charge in [0.2, 0.25) is 0 Å². The summed E-state index contributed by atoms with van der Waals surface area (Å²) in [7, 11) is 3.42. The number of halogens is 1. The molecule has 2 aromatic rings. The SMILES string of the molecule is CN(C)C(=O)c1cc(Cl)c2[nH]c(C3=CCCN(C(=O)OC(C)(C)C)C3)cc2c1. The van der Waals surface area contributed by atoms with Gasteiger partial charge in [0, 0.05) is 37.3 Å². The lowest BCUT2D eigenvalue weighted by molar-refractivity contribution is 0.0273. The Kier molecular flexibility index (Phi) is 5.44. The van der Waals surface area contributed by atoms with Crippen molar-refractivity contribution in [2.24, 2.45) is 0 Å². The molecule has 7 heteroatoms. The van der Waals surface area contributed by atoms with Crippen molar-refractivity contribution < 1.29 is 14.3 Å². The Morgan fingerprint density at radius 2 is 1.93 bits per heavy atom. The maximum Gasteiger partial charge on any atom is 0.410 e. The highest BCUT2D eigenvalue weighted by molar-refractivity contribution is 6.35. The molecule has 2 heterocycles. The maximum atomic E-state index is 12.4. The van der Waals surface area contributed by atoms with E-state index in [-0.39, 0.29) is 12.0 Å². The number of amides is 2. The molecule has 0 saturated heterocycles. The monoisotopic (exact) mass is 403 g/mol. The first-order valence-electron chi connectivity index (χ1n) is 9.26. The molecular formula is C21H26ClN3O3. The van der Waals surface area contributed by atoms with Crippen LogP contribution in [0.1, 0.15) is 43.2 Å². The van der Waals surface area contributed by atoms with Crippen LogP contribution in [0.2, 0.25) is 5.02 Å². The predicted molar refractivity (Wildman–Crippen MR) is 112 cm³/mol. The summed E-state index contributed by atoms with van der Waals surface area (Å²) in [6.07, 6.45) is 2.55. The van der Waals surface area contributed by atoms with Crippen LogP contribution in [0, 0.1) is 0 Å². The van der Waals surface area contributed by atoms with Gasteiger partial charge in [-0.1, -0.05) is 17.7 Å². The molecule has 1 N–H and O–H groups in total. The number of ether oxygens (including phenoxy) is 1. The zero-order valence-electron chi connectivity index (χ0n) is 16.9. The fourth-order valence-electron chi connectivity index (χ4n) is 3.18. The molecular weight excluding hydrogens is 378 g/mol. The van der Waals surface area contributed by atoms with Gasteiger partial charge < -0.3 is 19.5 Å². The van der Waals surface area contributed by atoms with Crippen LogP contribution in [0.25, 0.3) is 16.5 Å². The summed E-state index contributed by atoms with van der Waals surface area (Å²) in [6, 6.07) is 5.48. The molecule has 1 aliphatic rings. The molecule has 6 nitrogen and oxygen atoms in total. The first-order chi connectivity index (χ1) is 13.0. The van der Waals surface area contributed by atoms with Crippen molar-refractivity contribution in [3.05, 3.63) is 40.6 Å². The van der Waals surface area contributed by atoms with E-state index < -0.39 is 5.60 Å². The van der Waals surface area contributed by atoms with Gasteiger partial charge >= 0.3 is 6.09 Å². The Hall–Kier alpha value is -2.47. The fourth-order valence-corrected chi connectivity index (χ4v) is 3.45. The molecule has 1 aromatic carbocycles. The maximum absolute atomic E-state index is 12.4. The molecule has 1 aliphatic heterocycles. The van der Waals surface area contributed by atoms with E-state index in [1.165, 1.54) is 4.90 Å². The fraction of sp³-hybridized carbons (Fsp3) is 0.429. The number of aromatic nitrogens is 1. The quantitative estimate of drug-likeness (QED) is 0.800. The topological polar surface area (TPSA) is 65.6 Å². The van der Waals surface area contributed by atoms with Crippen molar-refractivity contribution in [2.45, 2.75) is 32.8 Å². The largest absolute Gasteiger partial charge is 0.444 e. The van der Waals surface area contributed by atoms with E-state index >= 15 is 0 Å². The number of nitrogens with one attached hydrogen (secondary N) is 1. The molecule has 0 saturated carbocycles. The van der Waals surface area contributed by atoms with Gasteiger partial charge in [-0.3, -0.25) is 4.79 Å². The number of rotatable bonds is 2. The highest BCUT2D eigenvalue weighted by Gasteiger charge is 2.25. The average Bonchev–Trinajstić information content (AvgIpc) is 3.04. The Balaban J connectivity index is 1.87. The summed E-state index contributed by atoms with van der Waals surface area (Å²) in [5.41, 5.74) is 2.69. The first kappa shape index (κ1) is 20.3. The molecule has 0 atom stereocenters. The molecule has 0 spiro atoms. The Labute approximate surface area is 170 Å². The standard InChI is InChI=1S/C21H26ClN3O3/c1-21(2,3)28-20(27)25-8-6-7-13(12-25)17-11-14-9-15(19(26)24(4)5)10-16(22)18(14)23-17/h7,9-11,23H,6,8,12H2,1-5H3. The molecule has 0 fully saturated rings. The van der Waals surface area contributed by atoms with E-state index in [1.54, 1.807) is 25.1 Å². The molecule has 28 heavy (non-hydrogen) atoms. The normalized spacial score (nSPS) is 14.8. The van der Waals surface area contributed by atoms with Gasteiger partial charge in [-0.2, -0.15) is 0 Å². The van der Waals surface area contributed by atoms with Crippen LogP contribution in [0.4, 0.5) is 4.79 Å². The molecule has 150 valence electrons. The summed E-state index contributed by atoms with van der Waals surface area (Å²) < 4.78 is 5.49. The minimum atomic E-state index is -0.525. The lowest BCUT2D eigenvalue weighted by atomic mass is 10.1. The number of aromatic amines is 1. The minimum Gasteiger partial charge on any atom is -0.444 e. The van der Waals surface area contributed by atoms with E-state index in [2.05, 4.69) is 11.1 Å². The zero-order valence-corrected chi connectivity index (χ0v) is 17.7. The number of nitrogens with zero attached hydrogens (tertiary/aromatic N) is 2. The van der Waals surface area contributed by atoms with Crippen molar-refractivity contribution in [1.82, 2.24) is 14.8 Å². The van der Waals surface area contributed by atoms with E-state index in [9.17, 15) is 9.59 Å². The molecule has 2 amide bonds. The summed E-state index contributed by atoms with van der Waals surface area (Å²) in [4.78, 5) is 31.2. The van der Waals surface area contributed by atoms with Crippen LogP contribution in [0.5, 0.6) is 0 Å². The van der Waals surface area contributed by atoms with Crippen molar-refractivity contribution >= 4 is 40.1 Å². The van der Waals surface area contributed by atoms with Gasteiger partial charge in [-0.15, -0.1) is 0 Å². The van der Waals surface area contributed by atoms with Crippen LogP contribution in [0.3, 0.4) is 0 Å². The van der Waals surface area contributed by atoms with Gasteiger partial charge in [0.1, 0.15) is 5.60 Å². The molecule has 0 bridgehead atoms. The van der Waals surface area contributed by atoms with Gasteiger partial charge in [-0.25, -0.2) is 4.79 Å². The van der Waals surface area contributed by atoms with Gasteiger partial charge in [0.15, 0.2) is 0 Å². The number of fused-ring (bicyclic) bond motifs is 1. The highest BCUT2D eigenvalue weighted by atomic mass is 35.5. The van der Waals surface area contributed by atoms with Gasteiger partial charge in [0.25, 0.3) is 5.91 Å². The summed E-state index contributed by atoms with van der Waals surface area (Å²) in [6.45, 7) is 6.66. The second kappa shape index (κ2) is 7.51. The van der Waals surface area contributed by atoms with E-state index in [0.29, 0.717) is 23.7 Å². The number of hydrogen-bond donors (Lipinski definition) is 1. The summed E-state index contributed by atoms with van der Waals surface area (Å²) in [5.74, 6) is -0.0977. The number of benzene rings is 1. The zero-order chi connectivity index (χ0) is 20.6. The van der Waals surface area contributed by atoms with E-state index in [4.69, 9.17) is 16.3 Å². The van der Waals surface area contributed by atoms with Crippen molar-refractivity contribution in [1.29, 1.82) is 0 Å². The average molecular weight is 404 g/mol. The molecule has 0 unspecified atom stereocenters. The van der Waals surface area contributed by atoms with Crippen LogP contribution in [-0.2, 0) is 4.74 Å². The van der Waals surface area contributed by atoms with Crippen LogP contribution in [-0.4, -0.2) is 59.6 Å². The third kappa shape index (κ3) is 4.33. The third-order valence-electron chi connectivity index (χ3n) is 4.48. The lowest BCUT2D eigenvalue weighted by Crippen LogP contribution is -2.39. The Morgan fingerprint density at radius 3 is 2.57 bits per heavy atom. The second-order valence-electron chi connectivity index (χ2n) is 8.22. The van der Waals surface area contributed by atoms with Crippen LogP contribution >= 0.6 is 11.6 Å². The molecule has 0 radical (unpaired) electrons. The number of carbonyl (C=O) groups is 2. The van der Waals surface area contributed by atoms with Crippen molar-refractivity contribution in [2.75, 3.05) is 27.2 Å². The van der Waals surface area contributed by atoms with E-state index in [0.717, 1.165) is 28.6 Å². The number of carbonyl (C=O) groups excluding carboxylic acids is 2. The molecule has 3 rings (SSSR count). The molecule has 1 aromatic heterocycles. The molecule has 0 aliphatic carbocycles. The predicted octanol–water partition coefficient (Wildman–Crippen LogP) is 4.55. The lowest BCUT2D eigenvalue weighted by Gasteiger charge is -2.30. The van der Waals surface area contributed by atoms with Crippen molar-refractivity contribution in [3.8, 4) is 0 Å². The Morgan fingerprint density at radius 1 is 1.21 bits per heavy atom. The van der Waals surface area contributed by atoms with Crippen LogP contribution in [0.15, 0.2) is 24.3 Å². The first-order valence-corrected chi connectivity index (χ1v) is 9.64. The summed E-state index contributed by atoms with van der Waals surface area (Å²) >= 11 is 6.41. The Bertz CT molecular complexity index is 954. The number of hydrogen-bond acceptors (Lipinski definition) is 3. The third-order valence-corrected chi connectivity index (χ3v) is 4.78. The minimum absolute atomic E-state index is 0.0977. The second-order valence-corrected chi connectivity index (χ2v) is 8.63. The summed E-state index contributed by atoms with van der Waals surface area (Å²) in [5, 5.41) is 1.36. The van der Waals surface area contributed by atoms with Gasteiger partial charge in [0.05, 0.1) is 17.1 Å². The van der Waals surface area contributed by atoms with Crippen LogP contribution < -0.4 is 0 Å². The smallest absolute Gasteiger partial charge is 0.410 e. The van der Waals surface area contributed by atoms with E-state index in [1.807, 2.05) is 32.9 Å². The van der Waals surface area contributed by atoms with Gasteiger partial charge in [-0.05, 0) is 51.0 Å². The van der Waals surface area contributed by atoms with Crippen molar-refractivity contribution in [3.63, 3.8) is 0 Å².